The third kappa shape index (κ3) is 3.50. The molecule has 0 amide bonds. The van der Waals surface area contributed by atoms with Crippen LogP contribution < -0.4 is 10.5 Å². The molecule has 0 unspecified atom stereocenters. The van der Waals surface area contributed by atoms with Crippen LogP contribution in [0.5, 0.6) is 0 Å². The van der Waals surface area contributed by atoms with Crippen molar-refractivity contribution in [1.29, 1.82) is 0 Å². The summed E-state index contributed by atoms with van der Waals surface area (Å²) < 4.78 is 32.6. The van der Waals surface area contributed by atoms with Crippen LogP contribution in [0, 0.1) is 0 Å². The first-order valence-electron chi connectivity index (χ1n) is 5.99. The summed E-state index contributed by atoms with van der Waals surface area (Å²) in [6.07, 6.45) is 1.35. The maximum Gasteiger partial charge on any atom is 0.241 e. The summed E-state index contributed by atoms with van der Waals surface area (Å²) in [7, 11) is -3.61. The van der Waals surface area contributed by atoms with E-state index in [1.54, 1.807) is 18.2 Å². The molecule has 0 saturated carbocycles. The fourth-order valence-electron chi connectivity index (χ4n) is 2.00. The molecule has 2 rings (SSSR count). The van der Waals surface area contributed by atoms with Crippen molar-refractivity contribution in [1.82, 2.24) is 4.72 Å². The maximum atomic E-state index is 12.4. The van der Waals surface area contributed by atoms with Gasteiger partial charge < -0.3 is 10.5 Å². The van der Waals surface area contributed by atoms with Crippen molar-refractivity contribution < 1.29 is 13.2 Å². The Bertz CT molecular complexity index is 566. The van der Waals surface area contributed by atoms with Gasteiger partial charge in [0, 0.05) is 24.8 Å². The van der Waals surface area contributed by atoms with Crippen LogP contribution in [0.2, 0.25) is 0 Å². The van der Waals surface area contributed by atoms with Crippen LogP contribution in [0.3, 0.4) is 0 Å². The number of hydrogen-bond acceptors (Lipinski definition) is 4. The number of hydrogen-bond donors (Lipinski definition) is 2. The molecule has 104 valence electrons. The molecular formula is C12H16N2O3S2. The van der Waals surface area contributed by atoms with Crippen LogP contribution >= 0.6 is 12.2 Å². The van der Waals surface area contributed by atoms with Gasteiger partial charge in [-0.25, -0.2) is 13.1 Å². The molecule has 0 aromatic heterocycles. The molecule has 1 aromatic carbocycles. The number of thiocarbonyl (C=S) groups is 1. The van der Waals surface area contributed by atoms with Gasteiger partial charge in [0.25, 0.3) is 0 Å². The summed E-state index contributed by atoms with van der Waals surface area (Å²) in [6.45, 7) is 1.15. The molecule has 1 aliphatic heterocycles. The molecule has 5 nitrogen and oxygen atoms in total. The molecule has 1 saturated heterocycles. The summed E-state index contributed by atoms with van der Waals surface area (Å²) in [5.74, 6) is 0. The van der Waals surface area contributed by atoms with E-state index in [-0.39, 0.29) is 15.9 Å². The molecule has 1 aromatic rings. The standard InChI is InChI=1S/C12H16N2O3S2/c13-12(18)10-3-1-2-4-11(10)19(15,16)14-9-5-7-17-8-6-9/h1-4,9,14H,5-8H2,(H2,13,18). The molecule has 1 heterocycles. The summed E-state index contributed by atoms with van der Waals surface area (Å²) in [6, 6.07) is 6.39. The minimum atomic E-state index is -3.61. The zero-order chi connectivity index (χ0) is 13.9. The summed E-state index contributed by atoms with van der Waals surface area (Å²) in [5.41, 5.74) is 5.94. The largest absolute Gasteiger partial charge is 0.389 e. The smallest absolute Gasteiger partial charge is 0.241 e. The van der Waals surface area contributed by atoms with Gasteiger partial charge in [-0.05, 0) is 18.9 Å². The number of nitrogens with one attached hydrogen (secondary N) is 1. The Morgan fingerprint density at radius 3 is 2.58 bits per heavy atom. The normalized spacial score (nSPS) is 17.3. The fraction of sp³-hybridized carbons (Fsp3) is 0.417. The first-order valence-corrected chi connectivity index (χ1v) is 7.89. The van der Waals surface area contributed by atoms with E-state index in [2.05, 4.69) is 4.72 Å². The van der Waals surface area contributed by atoms with Crippen molar-refractivity contribution in [3.63, 3.8) is 0 Å². The van der Waals surface area contributed by atoms with Crippen LogP contribution in [0.4, 0.5) is 0 Å². The monoisotopic (exact) mass is 300 g/mol. The Morgan fingerprint density at radius 2 is 1.95 bits per heavy atom. The first kappa shape index (κ1) is 14.4. The van der Waals surface area contributed by atoms with Crippen molar-refractivity contribution in [2.45, 2.75) is 23.8 Å². The number of nitrogens with two attached hydrogens (primary N) is 1. The van der Waals surface area contributed by atoms with Crippen LogP contribution in [0.15, 0.2) is 29.2 Å². The Morgan fingerprint density at radius 1 is 1.32 bits per heavy atom. The van der Waals surface area contributed by atoms with Crippen LogP contribution in [-0.2, 0) is 14.8 Å². The SMILES string of the molecule is NC(=S)c1ccccc1S(=O)(=O)NC1CCOCC1. The van der Waals surface area contributed by atoms with E-state index in [4.69, 9.17) is 22.7 Å². The van der Waals surface area contributed by atoms with Crippen molar-refractivity contribution in [3.8, 4) is 0 Å². The van der Waals surface area contributed by atoms with E-state index in [9.17, 15) is 8.42 Å². The Balaban J connectivity index is 2.26. The lowest BCUT2D eigenvalue weighted by molar-refractivity contribution is 0.0832. The minimum absolute atomic E-state index is 0.0768. The molecule has 3 N–H and O–H groups in total. The highest BCUT2D eigenvalue weighted by atomic mass is 32.2. The van der Waals surface area contributed by atoms with Crippen molar-refractivity contribution in [2.75, 3.05) is 13.2 Å². The summed E-state index contributed by atoms with van der Waals surface area (Å²) in [4.78, 5) is 0.210. The maximum absolute atomic E-state index is 12.4. The third-order valence-corrected chi connectivity index (χ3v) is 4.78. The molecule has 0 spiro atoms. The van der Waals surface area contributed by atoms with E-state index in [1.165, 1.54) is 6.07 Å². The lowest BCUT2D eigenvalue weighted by atomic mass is 10.1. The average molecular weight is 300 g/mol. The fourth-order valence-corrected chi connectivity index (χ4v) is 3.77. The third-order valence-electron chi connectivity index (χ3n) is 2.99. The molecule has 0 bridgehead atoms. The van der Waals surface area contributed by atoms with Crippen LogP contribution in [0.25, 0.3) is 0 Å². The van der Waals surface area contributed by atoms with Gasteiger partial charge in [-0.15, -0.1) is 0 Å². The summed E-state index contributed by atoms with van der Waals surface area (Å²) >= 11 is 4.89. The number of rotatable bonds is 4. The lowest BCUT2D eigenvalue weighted by Crippen LogP contribution is -2.39. The zero-order valence-electron chi connectivity index (χ0n) is 10.3. The van der Waals surface area contributed by atoms with Gasteiger partial charge in [-0.3, -0.25) is 0 Å². The lowest BCUT2D eigenvalue weighted by Gasteiger charge is -2.23. The zero-order valence-corrected chi connectivity index (χ0v) is 12.0. The Labute approximate surface area is 118 Å². The Kier molecular flexibility index (Phi) is 4.51. The molecule has 1 aliphatic rings. The minimum Gasteiger partial charge on any atom is -0.389 e. The topological polar surface area (TPSA) is 81.4 Å². The van der Waals surface area contributed by atoms with E-state index >= 15 is 0 Å². The van der Waals surface area contributed by atoms with Gasteiger partial charge in [-0.2, -0.15) is 0 Å². The number of benzene rings is 1. The van der Waals surface area contributed by atoms with Gasteiger partial charge in [0.05, 0.1) is 4.90 Å². The van der Waals surface area contributed by atoms with Crippen molar-refractivity contribution in [2.24, 2.45) is 5.73 Å². The first-order chi connectivity index (χ1) is 9.00. The Hall–Kier alpha value is -1.02. The highest BCUT2D eigenvalue weighted by Gasteiger charge is 2.24. The van der Waals surface area contributed by atoms with E-state index < -0.39 is 10.0 Å². The average Bonchev–Trinajstić information content (AvgIpc) is 2.39. The highest BCUT2D eigenvalue weighted by molar-refractivity contribution is 7.89. The van der Waals surface area contributed by atoms with Gasteiger partial charge in [0.15, 0.2) is 0 Å². The van der Waals surface area contributed by atoms with Crippen LogP contribution in [-0.4, -0.2) is 32.7 Å². The second-order valence-electron chi connectivity index (χ2n) is 4.37. The van der Waals surface area contributed by atoms with Crippen molar-refractivity contribution >= 4 is 27.2 Å². The van der Waals surface area contributed by atoms with Gasteiger partial charge in [-0.1, -0.05) is 30.4 Å². The number of ether oxygens (including phenoxy) is 1. The predicted octanol–water partition coefficient (Wildman–Crippen LogP) is 0.778. The summed E-state index contributed by atoms with van der Waals surface area (Å²) in [5, 5.41) is 0. The van der Waals surface area contributed by atoms with Crippen LogP contribution in [0.1, 0.15) is 18.4 Å². The van der Waals surface area contributed by atoms with Gasteiger partial charge >= 0.3 is 0 Å². The van der Waals surface area contributed by atoms with Gasteiger partial charge in [0.2, 0.25) is 10.0 Å². The molecule has 19 heavy (non-hydrogen) atoms. The molecule has 0 aliphatic carbocycles. The quantitative estimate of drug-likeness (QED) is 0.803. The van der Waals surface area contributed by atoms with Crippen molar-refractivity contribution in [3.05, 3.63) is 29.8 Å². The highest BCUT2D eigenvalue weighted by Crippen LogP contribution is 2.17. The molecule has 1 fully saturated rings. The second-order valence-corrected chi connectivity index (χ2v) is 6.49. The molecule has 0 atom stereocenters. The van der Waals surface area contributed by atoms with Gasteiger partial charge in [0.1, 0.15) is 4.99 Å². The molecular weight excluding hydrogens is 284 g/mol. The number of sulfonamides is 1. The molecule has 7 heteroatoms. The van der Waals surface area contributed by atoms with E-state index in [0.29, 0.717) is 31.6 Å². The van der Waals surface area contributed by atoms with E-state index in [0.717, 1.165) is 0 Å². The predicted molar refractivity (Wildman–Crippen MR) is 76.5 cm³/mol. The van der Waals surface area contributed by atoms with E-state index in [1.807, 2.05) is 0 Å². The second kappa shape index (κ2) is 5.96. The molecule has 0 radical (unpaired) electrons.